The van der Waals surface area contributed by atoms with Gasteiger partial charge in [-0.25, -0.2) is 4.98 Å². The summed E-state index contributed by atoms with van der Waals surface area (Å²) < 4.78 is 5.44. The molecule has 100 valence electrons. The van der Waals surface area contributed by atoms with Crippen LogP contribution in [0, 0.1) is 0 Å². The minimum Gasteiger partial charge on any atom is -0.386 e. The van der Waals surface area contributed by atoms with Gasteiger partial charge in [0.1, 0.15) is 11.8 Å². The maximum Gasteiger partial charge on any atom is 0.137 e. The number of nitrogens with zero attached hydrogens (tertiary/aromatic N) is 2. The fourth-order valence-electron chi connectivity index (χ4n) is 2.65. The molecule has 0 radical (unpaired) electrons. The van der Waals surface area contributed by atoms with Crippen molar-refractivity contribution in [3.63, 3.8) is 0 Å². The van der Waals surface area contributed by atoms with Crippen LogP contribution >= 0.6 is 0 Å². The molecule has 3 aromatic heterocycles. The molecule has 5 nitrogen and oxygen atoms in total. The van der Waals surface area contributed by atoms with E-state index in [-0.39, 0.29) is 0 Å². The fraction of sp³-hybridized carbons (Fsp3) is 0.200. The Morgan fingerprint density at radius 3 is 3.20 bits per heavy atom. The van der Waals surface area contributed by atoms with E-state index in [0.717, 1.165) is 33.3 Å². The summed E-state index contributed by atoms with van der Waals surface area (Å²) in [6.07, 6.45) is 6.60. The van der Waals surface area contributed by atoms with Gasteiger partial charge in [0.15, 0.2) is 0 Å². The van der Waals surface area contributed by atoms with Crippen LogP contribution in [0.15, 0.2) is 36.9 Å². The van der Waals surface area contributed by atoms with Gasteiger partial charge >= 0.3 is 0 Å². The average Bonchev–Trinajstić information content (AvgIpc) is 2.94. The van der Waals surface area contributed by atoms with Crippen molar-refractivity contribution in [3.05, 3.63) is 48.0 Å². The number of fused-ring (bicyclic) bond motifs is 2. The molecule has 1 atom stereocenters. The molecule has 0 amide bonds. The Balaban J connectivity index is 1.91. The first-order chi connectivity index (χ1) is 9.83. The third-order valence-corrected chi connectivity index (χ3v) is 3.68. The molecular weight excluding hydrogens is 254 g/mol. The first kappa shape index (κ1) is 11.6. The summed E-state index contributed by atoms with van der Waals surface area (Å²) in [7, 11) is 0. The molecule has 1 unspecified atom stereocenters. The van der Waals surface area contributed by atoms with E-state index in [1.54, 1.807) is 12.4 Å². The lowest BCUT2D eigenvalue weighted by atomic mass is 9.95. The van der Waals surface area contributed by atoms with Gasteiger partial charge in [0.05, 0.1) is 13.2 Å². The molecule has 0 saturated heterocycles. The predicted molar refractivity (Wildman–Crippen MR) is 73.9 cm³/mol. The van der Waals surface area contributed by atoms with E-state index in [4.69, 9.17) is 4.74 Å². The zero-order valence-electron chi connectivity index (χ0n) is 10.7. The van der Waals surface area contributed by atoms with E-state index in [1.165, 1.54) is 0 Å². The van der Waals surface area contributed by atoms with Crippen LogP contribution in [-0.4, -0.2) is 26.7 Å². The molecule has 1 aliphatic rings. The Bertz CT molecular complexity index is 782. The SMILES string of the molecule is OC1COCc2c(-c3cnc4[nH]ccc4c3)cncc21. The van der Waals surface area contributed by atoms with Crippen molar-refractivity contribution in [2.45, 2.75) is 12.7 Å². The number of aliphatic hydroxyl groups is 1. The summed E-state index contributed by atoms with van der Waals surface area (Å²) in [6, 6.07) is 4.05. The number of nitrogens with one attached hydrogen (secondary N) is 1. The fourth-order valence-corrected chi connectivity index (χ4v) is 2.65. The van der Waals surface area contributed by atoms with Crippen LogP contribution in [0.3, 0.4) is 0 Å². The molecule has 0 saturated carbocycles. The van der Waals surface area contributed by atoms with Crippen molar-refractivity contribution in [1.82, 2.24) is 15.0 Å². The number of hydrogen-bond donors (Lipinski definition) is 2. The van der Waals surface area contributed by atoms with E-state index in [9.17, 15) is 5.11 Å². The van der Waals surface area contributed by atoms with Gasteiger partial charge in [0.25, 0.3) is 0 Å². The molecule has 0 bridgehead atoms. The van der Waals surface area contributed by atoms with Crippen molar-refractivity contribution >= 4 is 11.0 Å². The van der Waals surface area contributed by atoms with Crippen LogP contribution in [0.1, 0.15) is 17.2 Å². The normalized spacial score (nSPS) is 18.1. The van der Waals surface area contributed by atoms with Crippen LogP contribution in [0.5, 0.6) is 0 Å². The monoisotopic (exact) mass is 267 g/mol. The molecule has 0 fully saturated rings. The summed E-state index contributed by atoms with van der Waals surface area (Å²) in [5.74, 6) is 0. The zero-order chi connectivity index (χ0) is 13.5. The molecule has 5 heteroatoms. The minimum atomic E-state index is -0.602. The smallest absolute Gasteiger partial charge is 0.137 e. The topological polar surface area (TPSA) is 71.0 Å². The van der Waals surface area contributed by atoms with Crippen LogP contribution in [0.4, 0.5) is 0 Å². The largest absolute Gasteiger partial charge is 0.386 e. The highest BCUT2D eigenvalue weighted by molar-refractivity contribution is 5.82. The number of aromatic amines is 1. The van der Waals surface area contributed by atoms with E-state index in [0.29, 0.717) is 13.2 Å². The van der Waals surface area contributed by atoms with Gasteiger partial charge < -0.3 is 14.8 Å². The summed E-state index contributed by atoms with van der Waals surface area (Å²) in [5, 5.41) is 11.0. The Kier molecular flexibility index (Phi) is 2.55. The second kappa shape index (κ2) is 4.40. The lowest BCUT2D eigenvalue weighted by Crippen LogP contribution is -2.17. The molecule has 3 aromatic rings. The number of aromatic nitrogens is 3. The Hall–Kier alpha value is -2.24. The van der Waals surface area contributed by atoms with Gasteiger partial charge in [-0.1, -0.05) is 0 Å². The van der Waals surface area contributed by atoms with E-state index < -0.39 is 6.10 Å². The van der Waals surface area contributed by atoms with Gasteiger partial charge in [0, 0.05) is 46.9 Å². The molecule has 4 heterocycles. The third kappa shape index (κ3) is 1.71. The van der Waals surface area contributed by atoms with Crippen LogP contribution in [0.25, 0.3) is 22.2 Å². The van der Waals surface area contributed by atoms with Crippen molar-refractivity contribution < 1.29 is 9.84 Å². The van der Waals surface area contributed by atoms with Crippen LogP contribution in [0.2, 0.25) is 0 Å². The Labute approximate surface area is 115 Å². The van der Waals surface area contributed by atoms with Gasteiger partial charge in [-0.05, 0) is 17.7 Å². The van der Waals surface area contributed by atoms with Crippen molar-refractivity contribution in [2.24, 2.45) is 0 Å². The lowest BCUT2D eigenvalue weighted by molar-refractivity contribution is 0.00981. The van der Waals surface area contributed by atoms with Gasteiger partial charge in [0.2, 0.25) is 0 Å². The second-order valence-electron chi connectivity index (χ2n) is 4.93. The molecule has 20 heavy (non-hydrogen) atoms. The number of rotatable bonds is 1. The quantitative estimate of drug-likeness (QED) is 0.709. The number of ether oxygens (including phenoxy) is 1. The predicted octanol–water partition coefficient (Wildman–Crippen LogP) is 2.19. The van der Waals surface area contributed by atoms with Crippen LogP contribution < -0.4 is 0 Å². The average molecular weight is 267 g/mol. The van der Waals surface area contributed by atoms with Crippen LogP contribution in [-0.2, 0) is 11.3 Å². The highest BCUT2D eigenvalue weighted by Gasteiger charge is 2.22. The van der Waals surface area contributed by atoms with Crippen molar-refractivity contribution in [1.29, 1.82) is 0 Å². The van der Waals surface area contributed by atoms with E-state index >= 15 is 0 Å². The molecule has 4 rings (SSSR count). The van der Waals surface area contributed by atoms with Gasteiger partial charge in [-0.3, -0.25) is 4.98 Å². The van der Waals surface area contributed by atoms with Crippen molar-refractivity contribution in [2.75, 3.05) is 6.61 Å². The summed E-state index contributed by atoms with van der Waals surface area (Å²) in [5.41, 5.74) is 4.66. The first-order valence-corrected chi connectivity index (χ1v) is 6.49. The molecule has 0 aromatic carbocycles. The maximum atomic E-state index is 9.99. The summed E-state index contributed by atoms with van der Waals surface area (Å²) in [4.78, 5) is 11.7. The Morgan fingerprint density at radius 1 is 1.30 bits per heavy atom. The highest BCUT2D eigenvalue weighted by Crippen LogP contribution is 2.32. The Morgan fingerprint density at radius 2 is 2.25 bits per heavy atom. The highest BCUT2D eigenvalue weighted by atomic mass is 16.5. The van der Waals surface area contributed by atoms with Gasteiger partial charge in [-0.2, -0.15) is 0 Å². The number of H-pyrrole nitrogens is 1. The standard InChI is InChI=1S/C15H13N3O2/c19-14-8-20-7-13-11(5-16-6-12(13)14)10-3-9-1-2-17-15(9)18-4-10/h1-6,14,19H,7-8H2,(H,17,18). The zero-order valence-corrected chi connectivity index (χ0v) is 10.7. The summed E-state index contributed by atoms with van der Waals surface area (Å²) in [6.45, 7) is 0.822. The molecule has 0 aliphatic carbocycles. The number of aliphatic hydroxyl groups excluding tert-OH is 1. The van der Waals surface area contributed by atoms with Crippen molar-refractivity contribution in [3.8, 4) is 11.1 Å². The van der Waals surface area contributed by atoms with E-state index in [2.05, 4.69) is 21.0 Å². The number of pyridine rings is 2. The summed E-state index contributed by atoms with van der Waals surface area (Å²) >= 11 is 0. The lowest BCUT2D eigenvalue weighted by Gasteiger charge is -2.23. The third-order valence-electron chi connectivity index (χ3n) is 3.68. The molecule has 2 N–H and O–H groups in total. The second-order valence-corrected chi connectivity index (χ2v) is 4.93. The minimum absolute atomic E-state index is 0.327. The molecular formula is C15H13N3O2. The number of hydrogen-bond acceptors (Lipinski definition) is 4. The maximum absolute atomic E-state index is 9.99. The van der Waals surface area contributed by atoms with E-state index in [1.807, 2.05) is 18.5 Å². The first-order valence-electron chi connectivity index (χ1n) is 6.49. The molecule has 1 aliphatic heterocycles. The van der Waals surface area contributed by atoms with Gasteiger partial charge in [-0.15, -0.1) is 0 Å². The molecule has 0 spiro atoms.